The van der Waals surface area contributed by atoms with Crippen molar-refractivity contribution < 1.29 is 4.74 Å². The zero-order valence-corrected chi connectivity index (χ0v) is 11.3. The van der Waals surface area contributed by atoms with E-state index in [1.165, 1.54) is 5.56 Å². The van der Waals surface area contributed by atoms with Gasteiger partial charge in [0.2, 0.25) is 0 Å². The Morgan fingerprint density at radius 3 is 2.67 bits per heavy atom. The van der Waals surface area contributed by atoms with Crippen LogP contribution >= 0.6 is 0 Å². The van der Waals surface area contributed by atoms with E-state index in [9.17, 15) is 4.79 Å². The fourth-order valence-electron chi connectivity index (χ4n) is 2.21. The maximum atomic E-state index is 11.7. The SMILES string of the molecule is CC(C)n1cc(CCN2CCOCC2)ccc1=O. The minimum absolute atomic E-state index is 0.0834. The molecular formula is C14H22N2O2. The normalized spacial score (nSPS) is 17.3. The zero-order valence-electron chi connectivity index (χ0n) is 11.3. The molecule has 0 amide bonds. The summed E-state index contributed by atoms with van der Waals surface area (Å²) in [5.41, 5.74) is 1.31. The fraction of sp³-hybridized carbons (Fsp3) is 0.643. The summed E-state index contributed by atoms with van der Waals surface area (Å²) < 4.78 is 7.13. The molecule has 2 rings (SSSR count). The number of hydrogen-bond donors (Lipinski definition) is 0. The third-order valence-electron chi connectivity index (χ3n) is 3.38. The van der Waals surface area contributed by atoms with Crippen molar-refractivity contribution >= 4 is 0 Å². The summed E-state index contributed by atoms with van der Waals surface area (Å²) in [4.78, 5) is 14.1. The average molecular weight is 250 g/mol. The van der Waals surface area contributed by atoms with Crippen molar-refractivity contribution in [1.29, 1.82) is 0 Å². The van der Waals surface area contributed by atoms with Crippen LogP contribution in [0.5, 0.6) is 0 Å². The van der Waals surface area contributed by atoms with E-state index >= 15 is 0 Å². The Hall–Kier alpha value is -1.13. The molecule has 1 aromatic heterocycles. The lowest BCUT2D eigenvalue weighted by Crippen LogP contribution is -2.37. The van der Waals surface area contributed by atoms with Crippen molar-refractivity contribution in [2.45, 2.75) is 26.3 Å². The molecule has 1 saturated heterocycles. The minimum atomic E-state index is 0.0834. The molecule has 0 aliphatic carbocycles. The summed E-state index contributed by atoms with van der Waals surface area (Å²) in [5, 5.41) is 0. The van der Waals surface area contributed by atoms with Crippen molar-refractivity contribution in [3.05, 3.63) is 34.2 Å². The molecular weight excluding hydrogens is 228 g/mol. The number of aromatic nitrogens is 1. The molecule has 100 valence electrons. The lowest BCUT2D eigenvalue weighted by atomic mass is 10.2. The molecule has 2 heterocycles. The predicted octanol–water partition coefficient (Wildman–Crippen LogP) is 1.30. The Kier molecular flexibility index (Phi) is 4.55. The first-order valence-electron chi connectivity index (χ1n) is 6.68. The Labute approximate surface area is 108 Å². The van der Waals surface area contributed by atoms with E-state index in [-0.39, 0.29) is 11.6 Å². The number of pyridine rings is 1. The summed E-state index contributed by atoms with van der Waals surface area (Å²) in [6, 6.07) is 3.84. The maximum Gasteiger partial charge on any atom is 0.250 e. The van der Waals surface area contributed by atoms with Gasteiger partial charge in [-0.25, -0.2) is 0 Å². The highest BCUT2D eigenvalue weighted by molar-refractivity contribution is 5.11. The molecule has 1 fully saturated rings. The van der Waals surface area contributed by atoms with Crippen LogP contribution in [0.15, 0.2) is 23.1 Å². The van der Waals surface area contributed by atoms with Crippen molar-refractivity contribution in [1.82, 2.24) is 9.47 Å². The van der Waals surface area contributed by atoms with Gasteiger partial charge in [-0.15, -0.1) is 0 Å². The molecule has 1 aromatic rings. The molecule has 0 aromatic carbocycles. The number of rotatable bonds is 4. The summed E-state index contributed by atoms with van der Waals surface area (Å²) in [5.74, 6) is 0. The number of ether oxygens (including phenoxy) is 1. The second-order valence-electron chi connectivity index (χ2n) is 5.08. The van der Waals surface area contributed by atoms with E-state index in [4.69, 9.17) is 4.74 Å². The van der Waals surface area contributed by atoms with Crippen molar-refractivity contribution in [2.24, 2.45) is 0 Å². The average Bonchev–Trinajstić information content (AvgIpc) is 2.38. The van der Waals surface area contributed by atoms with Gasteiger partial charge in [0, 0.05) is 37.9 Å². The summed E-state index contributed by atoms with van der Waals surface area (Å²) in [7, 11) is 0. The molecule has 4 nitrogen and oxygen atoms in total. The van der Waals surface area contributed by atoms with Crippen LogP contribution in [0.2, 0.25) is 0 Å². The van der Waals surface area contributed by atoms with E-state index < -0.39 is 0 Å². The Morgan fingerprint density at radius 1 is 1.28 bits per heavy atom. The van der Waals surface area contributed by atoms with E-state index in [2.05, 4.69) is 4.90 Å². The monoisotopic (exact) mass is 250 g/mol. The molecule has 0 radical (unpaired) electrons. The molecule has 0 unspecified atom stereocenters. The third kappa shape index (κ3) is 3.43. The van der Waals surface area contributed by atoms with Crippen LogP contribution in [-0.2, 0) is 11.2 Å². The number of morpholine rings is 1. The van der Waals surface area contributed by atoms with Gasteiger partial charge in [0.05, 0.1) is 13.2 Å². The minimum Gasteiger partial charge on any atom is -0.379 e. The standard InChI is InChI=1S/C14H22N2O2/c1-12(2)16-11-13(3-4-14(16)17)5-6-15-7-9-18-10-8-15/h3-4,11-12H,5-10H2,1-2H3. The highest BCUT2D eigenvalue weighted by atomic mass is 16.5. The highest BCUT2D eigenvalue weighted by Gasteiger charge is 2.10. The van der Waals surface area contributed by atoms with Gasteiger partial charge in [0.1, 0.15) is 0 Å². The molecule has 1 aliphatic rings. The number of hydrogen-bond acceptors (Lipinski definition) is 3. The van der Waals surface area contributed by atoms with E-state index in [1.807, 2.05) is 26.1 Å². The summed E-state index contributed by atoms with van der Waals surface area (Å²) in [6.07, 6.45) is 2.99. The quantitative estimate of drug-likeness (QED) is 0.808. The zero-order chi connectivity index (χ0) is 13.0. The van der Waals surface area contributed by atoms with Gasteiger partial charge in [0.25, 0.3) is 5.56 Å². The molecule has 1 aliphatic heterocycles. The first-order valence-corrected chi connectivity index (χ1v) is 6.68. The summed E-state index contributed by atoms with van der Waals surface area (Å²) in [6.45, 7) is 8.82. The van der Waals surface area contributed by atoms with Crippen LogP contribution in [0.3, 0.4) is 0 Å². The lowest BCUT2D eigenvalue weighted by Gasteiger charge is -2.26. The van der Waals surface area contributed by atoms with Crippen LogP contribution in [0.4, 0.5) is 0 Å². The lowest BCUT2D eigenvalue weighted by molar-refractivity contribution is 0.0384. The second-order valence-corrected chi connectivity index (χ2v) is 5.08. The summed E-state index contributed by atoms with van der Waals surface area (Å²) >= 11 is 0. The molecule has 0 bridgehead atoms. The highest BCUT2D eigenvalue weighted by Crippen LogP contribution is 2.05. The Morgan fingerprint density at radius 2 is 2.00 bits per heavy atom. The van der Waals surface area contributed by atoms with Crippen LogP contribution in [-0.4, -0.2) is 42.3 Å². The smallest absolute Gasteiger partial charge is 0.250 e. The van der Waals surface area contributed by atoms with Gasteiger partial charge in [-0.2, -0.15) is 0 Å². The van der Waals surface area contributed by atoms with Crippen LogP contribution in [0.25, 0.3) is 0 Å². The van der Waals surface area contributed by atoms with Gasteiger partial charge < -0.3 is 9.30 Å². The van der Waals surface area contributed by atoms with Gasteiger partial charge in [-0.3, -0.25) is 9.69 Å². The topological polar surface area (TPSA) is 34.5 Å². The van der Waals surface area contributed by atoms with Crippen molar-refractivity contribution in [3.8, 4) is 0 Å². The fourth-order valence-corrected chi connectivity index (χ4v) is 2.21. The predicted molar refractivity (Wildman–Crippen MR) is 72.1 cm³/mol. The van der Waals surface area contributed by atoms with Crippen LogP contribution < -0.4 is 5.56 Å². The molecule has 18 heavy (non-hydrogen) atoms. The Bertz CT molecular complexity index is 434. The second kappa shape index (κ2) is 6.16. The van der Waals surface area contributed by atoms with Gasteiger partial charge in [-0.1, -0.05) is 6.07 Å². The van der Waals surface area contributed by atoms with E-state index in [1.54, 1.807) is 10.6 Å². The van der Waals surface area contributed by atoms with Gasteiger partial charge in [0.15, 0.2) is 0 Å². The number of nitrogens with zero attached hydrogens (tertiary/aromatic N) is 2. The Balaban J connectivity index is 1.96. The van der Waals surface area contributed by atoms with Crippen LogP contribution in [0.1, 0.15) is 25.5 Å². The largest absolute Gasteiger partial charge is 0.379 e. The first kappa shape index (κ1) is 13.3. The van der Waals surface area contributed by atoms with Crippen molar-refractivity contribution in [2.75, 3.05) is 32.8 Å². The molecule has 4 heteroatoms. The maximum absolute atomic E-state index is 11.7. The molecule has 0 atom stereocenters. The third-order valence-corrected chi connectivity index (χ3v) is 3.38. The first-order chi connectivity index (χ1) is 8.66. The van der Waals surface area contributed by atoms with Gasteiger partial charge >= 0.3 is 0 Å². The van der Waals surface area contributed by atoms with Gasteiger partial charge in [-0.05, 0) is 25.8 Å². The van der Waals surface area contributed by atoms with E-state index in [0.29, 0.717) is 0 Å². The molecule has 0 N–H and O–H groups in total. The molecule has 0 saturated carbocycles. The van der Waals surface area contributed by atoms with E-state index in [0.717, 1.165) is 39.3 Å². The van der Waals surface area contributed by atoms with Crippen LogP contribution in [0, 0.1) is 0 Å². The van der Waals surface area contributed by atoms with Crippen molar-refractivity contribution in [3.63, 3.8) is 0 Å². The molecule has 0 spiro atoms.